The maximum absolute atomic E-state index is 10.2. The number of hydrogen-bond acceptors (Lipinski definition) is 2. The van der Waals surface area contributed by atoms with Crippen LogP contribution >= 0.6 is 0 Å². The van der Waals surface area contributed by atoms with Gasteiger partial charge >= 0.3 is 0 Å². The van der Waals surface area contributed by atoms with E-state index in [-0.39, 0.29) is 11.1 Å². The van der Waals surface area contributed by atoms with E-state index in [1.165, 1.54) is 13.8 Å². The number of furan rings is 1. The first-order valence-corrected chi connectivity index (χ1v) is 18.0. The Labute approximate surface area is 396 Å². The van der Waals surface area contributed by atoms with Crippen molar-refractivity contribution in [2.24, 2.45) is 0 Å². The van der Waals surface area contributed by atoms with Gasteiger partial charge in [0.15, 0.2) is 0 Å². The molecule has 60 heavy (non-hydrogen) atoms. The van der Waals surface area contributed by atoms with Gasteiger partial charge in [0.1, 0.15) is 11.2 Å². The second-order valence-electron chi connectivity index (χ2n) is 13.9. The van der Waals surface area contributed by atoms with Gasteiger partial charge < -0.3 is 13.9 Å². The smallest absolute Gasteiger partial charge is 0.145 e. The molecule has 0 unspecified atom stereocenters. The molecule has 3 nitrogen and oxygen atoms in total. The van der Waals surface area contributed by atoms with Crippen LogP contribution in [0.15, 0.2) is 210 Å². The van der Waals surface area contributed by atoms with Crippen LogP contribution in [-0.2, 0) is 5.41 Å². The van der Waals surface area contributed by atoms with Crippen LogP contribution in [0.2, 0.25) is 0 Å². The van der Waals surface area contributed by atoms with Crippen LogP contribution in [0.5, 0.6) is 0 Å². The molecule has 1 aliphatic carbocycles. The van der Waals surface area contributed by atoms with Gasteiger partial charge in [-0.15, -0.1) is 0 Å². The van der Waals surface area contributed by atoms with Gasteiger partial charge in [-0.1, -0.05) is 159 Å². The molecule has 0 radical (unpaired) electrons. The highest BCUT2D eigenvalue weighted by atomic mass is 16.3. The lowest BCUT2D eigenvalue weighted by Gasteiger charge is -2.30. The summed E-state index contributed by atoms with van der Waals surface area (Å²) in [7, 11) is 0. The zero-order chi connectivity index (χ0) is 69.5. The zero-order valence-electron chi connectivity index (χ0n) is 64.8. The zero-order valence-corrected chi connectivity index (χ0v) is 30.8. The van der Waals surface area contributed by atoms with E-state index >= 15 is 0 Å². The number of nitrogens with zero attached hydrogens (tertiary/aromatic N) is 2. The summed E-state index contributed by atoms with van der Waals surface area (Å²) in [4.78, 5) is 0.543. The van der Waals surface area contributed by atoms with Crippen LogP contribution in [0.4, 0.5) is 17.1 Å². The molecule has 0 saturated carbocycles. The molecule has 0 N–H and O–H groups in total. The predicted molar refractivity (Wildman–Crippen MR) is 251 cm³/mol. The van der Waals surface area contributed by atoms with Gasteiger partial charge in [0.05, 0.1) is 74.4 Å². The maximum atomic E-state index is 10.2. The summed E-state index contributed by atoms with van der Waals surface area (Å²) >= 11 is 0. The van der Waals surface area contributed by atoms with Crippen molar-refractivity contribution in [2.75, 3.05) is 4.90 Å². The van der Waals surface area contributed by atoms with Gasteiger partial charge in [-0.3, -0.25) is 0 Å². The Morgan fingerprint density at radius 2 is 1.15 bits per heavy atom. The number of aromatic nitrogens is 1. The summed E-state index contributed by atoms with van der Waals surface area (Å²) in [5.74, 6) is 0. The van der Waals surface area contributed by atoms with Crippen molar-refractivity contribution in [3.8, 4) is 39.1 Å². The third kappa shape index (κ3) is 5.09. The molecule has 0 fully saturated rings. The first-order valence-electron chi connectivity index (χ1n) is 35.0. The summed E-state index contributed by atoms with van der Waals surface area (Å²) in [5, 5.41) is -2.75. The second-order valence-corrected chi connectivity index (χ2v) is 13.9. The maximum Gasteiger partial charge on any atom is 0.145 e. The van der Waals surface area contributed by atoms with Gasteiger partial charge in [-0.25, -0.2) is 0 Å². The number of rotatable bonds is 6. The van der Waals surface area contributed by atoms with Crippen molar-refractivity contribution in [1.82, 2.24) is 4.57 Å². The lowest BCUT2D eigenvalue weighted by atomic mass is 9.82. The van der Waals surface area contributed by atoms with Gasteiger partial charge in [-0.05, 0) is 93.8 Å². The Morgan fingerprint density at radius 3 is 1.98 bits per heavy atom. The van der Waals surface area contributed by atoms with Crippen LogP contribution in [0.3, 0.4) is 0 Å². The summed E-state index contributed by atoms with van der Waals surface area (Å²) in [6.07, 6.45) is 0. The number of hydrogen-bond donors (Lipinski definition) is 0. The molecule has 11 aromatic rings. The Morgan fingerprint density at radius 1 is 0.483 bits per heavy atom. The monoisotopic (exact) mass is 803 g/mol. The molecule has 0 aliphatic heterocycles. The fourth-order valence-corrected chi connectivity index (χ4v) is 7.65. The Bertz CT molecular complexity index is 5390. The fraction of sp³-hybridized carbons (Fsp3) is 0.0526. The second kappa shape index (κ2) is 13.2. The minimum absolute atomic E-state index is 0.249. The van der Waals surface area contributed by atoms with E-state index in [4.69, 9.17) is 30.5 Å². The van der Waals surface area contributed by atoms with Crippen molar-refractivity contribution < 1.29 is 51.0 Å². The van der Waals surface area contributed by atoms with Crippen LogP contribution in [0, 0.1) is 0 Å². The molecule has 0 atom stereocenters. The van der Waals surface area contributed by atoms with Gasteiger partial charge in [-0.2, -0.15) is 0 Å². The fourth-order valence-electron chi connectivity index (χ4n) is 7.65. The van der Waals surface area contributed by atoms with Crippen molar-refractivity contribution in [2.45, 2.75) is 19.3 Å². The Kier molecular flexibility index (Phi) is 3.21. The van der Waals surface area contributed by atoms with Crippen molar-refractivity contribution in [1.29, 1.82) is 0 Å². The van der Waals surface area contributed by atoms with Gasteiger partial charge in [0, 0.05) is 44.1 Å². The topological polar surface area (TPSA) is 21.3 Å². The molecule has 2 heterocycles. The number of para-hydroxylation sites is 3. The first-order chi connectivity index (χ1) is 43.7. The quantitative estimate of drug-likeness (QED) is 0.167. The van der Waals surface area contributed by atoms with Crippen LogP contribution in [0.1, 0.15) is 71.6 Å². The molecule has 1 aliphatic rings. The standard InChI is InChI=1S/C57H40N2O/c1-57(2)47-23-12-9-21-45(47)54-48(57)24-15-26-50(54)59(51-35-34-42(38-16-5-3-6-17-38)56-55(51)46-22-11-14-27-53(46)60-56)41-31-28-37(29-32-41)39-30-33-44-43-20-10-13-25-49(43)58(52(44)36-39)40-18-7-4-8-19-40/h3-36H,1-2H3/i3D,4D,5D,6D,7D,8D,9D,10D,11D,12D,13D,14D,15D,16D,17D,18D,19D,20D,21D,22D,23D,24D,25D,26D,27D,28D,29D,30D,31D,32D,33D,34D,35D,36D. The van der Waals surface area contributed by atoms with E-state index in [9.17, 15) is 20.6 Å². The molecule has 3 heteroatoms. The Balaban J connectivity index is 1.33. The SMILES string of the molecule is [2H]c1c([2H])c([2H])c(-c2c([2H])c([2H])c(N(c3c([2H])c([2H])c(-c4c([2H])c([2H])c5c6c([2H])c([2H])c([2H])c([2H])c6n(-c6c([2H])c([2H])c([2H])c([2H])c6[2H])c5c4[2H])c([2H])c3[2H])c3c([2H])c([2H])c([2H])c4c3-c3c([2H])c([2H])c([2H])c([2H])c3C4(C)C)c3c2oc2c([2H])c([2H])c([2H])c([2H])c23)c([2H])c1[2H]. The van der Waals surface area contributed by atoms with Crippen molar-refractivity contribution in [3.63, 3.8) is 0 Å². The van der Waals surface area contributed by atoms with E-state index in [0.29, 0.717) is 9.47 Å². The van der Waals surface area contributed by atoms with Crippen LogP contribution in [0.25, 0.3) is 82.8 Å². The average Bonchev–Trinajstić information content (AvgIpc) is 1.48. The molecular formula is C57H40N2O. The highest BCUT2D eigenvalue weighted by molar-refractivity contribution is 6.18. The van der Waals surface area contributed by atoms with E-state index in [2.05, 4.69) is 0 Å². The average molecular weight is 803 g/mol. The molecular weight excluding hydrogens is 729 g/mol. The minimum atomic E-state index is -1.78. The van der Waals surface area contributed by atoms with E-state index in [0.717, 1.165) is 0 Å². The van der Waals surface area contributed by atoms with E-state index < -0.39 is 311 Å². The largest absolute Gasteiger partial charge is 0.455 e. The Hall–Kier alpha value is -7.62. The van der Waals surface area contributed by atoms with Gasteiger partial charge in [0.25, 0.3) is 0 Å². The predicted octanol–water partition coefficient (Wildman–Crippen LogP) is 15.8. The highest BCUT2D eigenvalue weighted by Gasteiger charge is 2.38. The van der Waals surface area contributed by atoms with Crippen LogP contribution < -0.4 is 4.90 Å². The molecule has 0 spiro atoms. The molecule has 2 aromatic heterocycles. The van der Waals surface area contributed by atoms with Crippen molar-refractivity contribution >= 4 is 60.8 Å². The summed E-state index contributed by atoms with van der Waals surface area (Å²) in [5.41, 5.74) is -14.1. The minimum Gasteiger partial charge on any atom is -0.455 e. The summed E-state index contributed by atoms with van der Waals surface area (Å²) in [6.45, 7) is 2.81. The van der Waals surface area contributed by atoms with Crippen LogP contribution in [-0.4, -0.2) is 4.57 Å². The number of anilines is 3. The molecule has 12 rings (SSSR count). The van der Waals surface area contributed by atoms with Gasteiger partial charge in [0.2, 0.25) is 0 Å². The van der Waals surface area contributed by atoms with E-state index in [1.54, 1.807) is 0 Å². The number of benzene rings is 9. The van der Waals surface area contributed by atoms with E-state index in [1.807, 2.05) is 0 Å². The molecule has 0 amide bonds. The lowest BCUT2D eigenvalue weighted by Crippen LogP contribution is -2.16. The lowest BCUT2D eigenvalue weighted by molar-refractivity contribution is 0.660. The third-order valence-electron chi connectivity index (χ3n) is 10.3. The molecule has 9 aromatic carbocycles. The number of fused-ring (bicyclic) bond motifs is 9. The highest BCUT2D eigenvalue weighted by Crippen LogP contribution is 2.55. The van der Waals surface area contributed by atoms with Crippen molar-refractivity contribution in [3.05, 3.63) is 217 Å². The molecule has 0 saturated heterocycles. The third-order valence-corrected chi connectivity index (χ3v) is 10.3. The summed E-state index contributed by atoms with van der Waals surface area (Å²) < 4.78 is 321. The molecule has 284 valence electrons. The summed E-state index contributed by atoms with van der Waals surface area (Å²) in [6, 6.07) is -34.3. The normalized spacial score (nSPS) is 20.9. The molecule has 0 bridgehead atoms. The first kappa shape index (κ1) is 14.6.